The lowest BCUT2D eigenvalue weighted by atomic mass is 9.91. The van der Waals surface area contributed by atoms with Gasteiger partial charge in [-0.2, -0.15) is 13.2 Å². The topological polar surface area (TPSA) is 53.4 Å². The van der Waals surface area contributed by atoms with E-state index in [4.69, 9.17) is 4.98 Å². The summed E-state index contributed by atoms with van der Waals surface area (Å²) in [6, 6.07) is 21.9. The van der Waals surface area contributed by atoms with Gasteiger partial charge in [-0.05, 0) is 41.0 Å². The molecule has 0 fully saturated rings. The smallest absolute Gasteiger partial charge is 0.416 e. The standard InChI is InChI=1S/C28H21F3N2O2/c29-28(30,31)21-10-6-9-19(14-21)13-20-16-33(15-18-7-2-1-3-8-18)17-23-25(27(34)35)22-11-4-5-12-24(22)32-26(20)23/h1-14H,15-17H2,(H,34,35)/b20-13+. The Kier molecular flexibility index (Phi) is 5.86. The zero-order chi connectivity index (χ0) is 24.6. The predicted molar refractivity (Wildman–Crippen MR) is 129 cm³/mol. The average Bonchev–Trinajstić information content (AvgIpc) is 2.83. The molecule has 4 aromatic rings. The highest BCUT2D eigenvalue weighted by Crippen LogP contribution is 2.35. The number of halogens is 3. The van der Waals surface area contributed by atoms with E-state index >= 15 is 0 Å². The Morgan fingerprint density at radius 1 is 0.971 bits per heavy atom. The van der Waals surface area contributed by atoms with Crippen LogP contribution in [0.3, 0.4) is 0 Å². The number of carboxylic acids is 1. The summed E-state index contributed by atoms with van der Waals surface area (Å²) in [6.45, 7) is 1.35. The molecule has 0 radical (unpaired) electrons. The van der Waals surface area contributed by atoms with Crippen molar-refractivity contribution in [2.75, 3.05) is 6.54 Å². The highest BCUT2D eigenvalue weighted by Gasteiger charge is 2.31. The Morgan fingerprint density at radius 3 is 2.46 bits per heavy atom. The van der Waals surface area contributed by atoms with Gasteiger partial charge in [0.25, 0.3) is 0 Å². The van der Waals surface area contributed by atoms with Crippen molar-refractivity contribution < 1.29 is 23.1 Å². The fraction of sp³-hybridized carbons (Fsp3) is 0.143. The first-order valence-electron chi connectivity index (χ1n) is 11.1. The number of aromatic nitrogens is 1. The SMILES string of the molecule is O=C(O)c1c2c(nc3ccccc13)/C(=C/c1cccc(C(F)(F)F)c1)CN(Cc1ccccc1)C2. The van der Waals surface area contributed by atoms with Crippen LogP contribution in [0.4, 0.5) is 13.2 Å². The summed E-state index contributed by atoms with van der Waals surface area (Å²) in [5, 5.41) is 10.7. The minimum absolute atomic E-state index is 0.179. The first-order valence-corrected chi connectivity index (χ1v) is 11.1. The number of rotatable bonds is 4. The molecular weight excluding hydrogens is 453 g/mol. The third-order valence-corrected chi connectivity index (χ3v) is 6.09. The first kappa shape index (κ1) is 22.8. The van der Waals surface area contributed by atoms with Gasteiger partial charge in [0.2, 0.25) is 0 Å². The van der Waals surface area contributed by atoms with Gasteiger partial charge in [0.05, 0.1) is 22.3 Å². The number of carbonyl (C=O) groups is 1. The van der Waals surface area contributed by atoms with Crippen molar-refractivity contribution in [3.63, 3.8) is 0 Å². The second kappa shape index (κ2) is 9.00. The first-order chi connectivity index (χ1) is 16.8. The number of benzene rings is 3. The molecule has 1 aromatic heterocycles. The Bertz CT molecular complexity index is 1450. The van der Waals surface area contributed by atoms with Crippen molar-refractivity contribution in [1.82, 2.24) is 9.88 Å². The van der Waals surface area contributed by atoms with Gasteiger partial charge in [-0.3, -0.25) is 4.90 Å². The number of hydrogen-bond acceptors (Lipinski definition) is 3. The highest BCUT2D eigenvalue weighted by atomic mass is 19.4. The van der Waals surface area contributed by atoms with Crippen molar-refractivity contribution >= 4 is 28.5 Å². The lowest BCUT2D eigenvalue weighted by molar-refractivity contribution is -0.137. The van der Waals surface area contributed by atoms with E-state index in [1.807, 2.05) is 30.3 Å². The third-order valence-electron chi connectivity index (χ3n) is 6.09. The molecule has 2 heterocycles. The molecule has 5 rings (SSSR count). The summed E-state index contributed by atoms with van der Waals surface area (Å²) in [7, 11) is 0. The van der Waals surface area contributed by atoms with Crippen LogP contribution in [0.1, 0.15) is 38.3 Å². The number of alkyl halides is 3. The highest BCUT2D eigenvalue weighted by molar-refractivity contribution is 6.06. The van der Waals surface area contributed by atoms with E-state index < -0.39 is 17.7 Å². The molecule has 3 aromatic carbocycles. The maximum Gasteiger partial charge on any atom is 0.416 e. The van der Waals surface area contributed by atoms with Crippen LogP contribution in [0.15, 0.2) is 78.9 Å². The van der Waals surface area contributed by atoms with E-state index in [0.717, 1.165) is 17.7 Å². The Hall–Kier alpha value is -3.97. The molecule has 0 atom stereocenters. The van der Waals surface area contributed by atoms with E-state index in [1.165, 1.54) is 6.07 Å². The number of fused-ring (bicyclic) bond motifs is 2. The average molecular weight is 474 g/mol. The molecule has 1 aliphatic heterocycles. The van der Waals surface area contributed by atoms with Gasteiger partial charge < -0.3 is 5.11 Å². The molecule has 0 saturated carbocycles. The van der Waals surface area contributed by atoms with E-state index in [1.54, 1.807) is 36.4 Å². The minimum atomic E-state index is -4.46. The Balaban J connectivity index is 1.68. The predicted octanol–water partition coefficient (Wildman–Crippen LogP) is 6.51. The number of carboxylic acid groups (broad SMARTS) is 1. The van der Waals surface area contributed by atoms with Crippen molar-refractivity contribution in [2.24, 2.45) is 0 Å². The molecule has 0 unspecified atom stereocenters. The van der Waals surface area contributed by atoms with Crippen molar-refractivity contribution in [3.8, 4) is 0 Å². The van der Waals surface area contributed by atoms with Gasteiger partial charge in [-0.15, -0.1) is 0 Å². The molecular formula is C28H21F3N2O2. The fourth-order valence-corrected chi connectivity index (χ4v) is 4.58. The summed E-state index contributed by atoms with van der Waals surface area (Å²) < 4.78 is 39.9. The quantitative estimate of drug-likeness (QED) is 0.366. The molecule has 0 amide bonds. The van der Waals surface area contributed by atoms with Crippen molar-refractivity contribution in [1.29, 1.82) is 0 Å². The van der Waals surface area contributed by atoms with Gasteiger partial charge in [0, 0.05) is 30.6 Å². The second-order valence-corrected chi connectivity index (χ2v) is 8.56. The van der Waals surface area contributed by atoms with Gasteiger partial charge in [-0.1, -0.05) is 60.7 Å². The molecule has 4 nitrogen and oxygen atoms in total. The largest absolute Gasteiger partial charge is 0.478 e. The summed E-state index contributed by atoms with van der Waals surface area (Å²) in [5.74, 6) is -1.06. The molecule has 1 N–H and O–H groups in total. The lowest BCUT2D eigenvalue weighted by Gasteiger charge is -2.31. The van der Waals surface area contributed by atoms with E-state index in [-0.39, 0.29) is 5.56 Å². The molecule has 0 spiro atoms. The van der Waals surface area contributed by atoms with Crippen LogP contribution in [0.5, 0.6) is 0 Å². The van der Waals surface area contributed by atoms with E-state index in [9.17, 15) is 23.1 Å². The fourth-order valence-electron chi connectivity index (χ4n) is 4.58. The van der Waals surface area contributed by atoms with Crippen LogP contribution < -0.4 is 0 Å². The van der Waals surface area contributed by atoms with Crippen LogP contribution in [0, 0.1) is 0 Å². The molecule has 0 aliphatic carbocycles. The van der Waals surface area contributed by atoms with Crippen LogP contribution in [-0.4, -0.2) is 27.5 Å². The van der Waals surface area contributed by atoms with Gasteiger partial charge in [0.1, 0.15) is 0 Å². The van der Waals surface area contributed by atoms with Gasteiger partial charge >= 0.3 is 12.1 Å². The monoisotopic (exact) mass is 474 g/mol. The van der Waals surface area contributed by atoms with Crippen molar-refractivity contribution in [2.45, 2.75) is 19.3 Å². The molecule has 176 valence electrons. The molecule has 1 aliphatic rings. The normalized spacial score (nSPS) is 15.3. The van der Waals surface area contributed by atoms with Crippen LogP contribution in [-0.2, 0) is 19.3 Å². The third kappa shape index (κ3) is 4.68. The number of aromatic carboxylic acids is 1. The van der Waals surface area contributed by atoms with E-state index in [2.05, 4.69) is 4.90 Å². The summed E-state index contributed by atoms with van der Waals surface area (Å²) in [6.07, 6.45) is -2.78. The van der Waals surface area contributed by atoms with Crippen LogP contribution in [0.2, 0.25) is 0 Å². The van der Waals surface area contributed by atoms with Crippen molar-refractivity contribution in [3.05, 3.63) is 112 Å². The number of para-hydroxylation sites is 1. The Labute approximate surface area is 200 Å². The molecule has 0 bridgehead atoms. The molecule has 0 saturated heterocycles. The number of pyridine rings is 1. The summed E-state index contributed by atoms with van der Waals surface area (Å²) in [4.78, 5) is 19.2. The maximum absolute atomic E-state index is 13.3. The van der Waals surface area contributed by atoms with Gasteiger partial charge in [-0.25, -0.2) is 9.78 Å². The van der Waals surface area contributed by atoms with Crippen LogP contribution >= 0.6 is 0 Å². The van der Waals surface area contributed by atoms with Crippen LogP contribution in [0.25, 0.3) is 22.6 Å². The molecule has 35 heavy (non-hydrogen) atoms. The zero-order valence-corrected chi connectivity index (χ0v) is 18.6. The summed E-state index contributed by atoms with van der Waals surface area (Å²) >= 11 is 0. The number of nitrogens with zero attached hydrogens (tertiary/aromatic N) is 2. The molecule has 7 heteroatoms. The Morgan fingerprint density at radius 2 is 1.71 bits per heavy atom. The number of hydrogen-bond donors (Lipinski definition) is 1. The maximum atomic E-state index is 13.3. The lowest BCUT2D eigenvalue weighted by Crippen LogP contribution is -2.31. The van der Waals surface area contributed by atoms with E-state index in [0.29, 0.717) is 52.9 Å². The second-order valence-electron chi connectivity index (χ2n) is 8.56. The summed E-state index contributed by atoms with van der Waals surface area (Å²) in [5.41, 5.74) is 3.18. The minimum Gasteiger partial charge on any atom is -0.478 e. The zero-order valence-electron chi connectivity index (χ0n) is 18.6. The van der Waals surface area contributed by atoms with Gasteiger partial charge in [0.15, 0.2) is 0 Å².